The summed E-state index contributed by atoms with van der Waals surface area (Å²) in [6.07, 6.45) is -13.3. The van der Waals surface area contributed by atoms with Gasteiger partial charge in [0.05, 0.1) is 23.8 Å². The van der Waals surface area contributed by atoms with Crippen molar-refractivity contribution in [3.8, 4) is 0 Å². The van der Waals surface area contributed by atoms with Gasteiger partial charge in [0.2, 0.25) is 0 Å². The van der Waals surface area contributed by atoms with Gasteiger partial charge in [-0.2, -0.15) is 26.3 Å². The van der Waals surface area contributed by atoms with E-state index in [4.69, 9.17) is 0 Å². The molecule has 0 saturated heterocycles. The Morgan fingerprint density at radius 2 is 1.40 bits per heavy atom. The van der Waals surface area contributed by atoms with E-state index in [1.54, 1.807) is 20.8 Å². The van der Waals surface area contributed by atoms with Crippen molar-refractivity contribution in [1.29, 1.82) is 0 Å². The normalized spacial score (nSPS) is 14.3. The van der Waals surface area contributed by atoms with E-state index in [9.17, 15) is 41.4 Å². The van der Waals surface area contributed by atoms with Gasteiger partial charge in [-0.3, -0.25) is 4.90 Å². The molecule has 0 radical (unpaired) electrons. The standard InChI is InChI=1S/C15H17F6NO3/c1-13(2,3)11(23)7-22(12(24)25)10-5-8(14(16,17)18)4-9(6-10)15(19,20)21/h4-6,11,23H,7H2,1-3H3,(H,24,25). The van der Waals surface area contributed by atoms with E-state index in [0.717, 1.165) is 0 Å². The molecule has 1 aromatic carbocycles. The molecule has 0 bridgehead atoms. The number of hydrogen-bond acceptors (Lipinski definition) is 2. The molecule has 0 saturated carbocycles. The quantitative estimate of drug-likeness (QED) is 0.761. The predicted molar refractivity (Wildman–Crippen MR) is 77.3 cm³/mol. The van der Waals surface area contributed by atoms with Gasteiger partial charge in [0.1, 0.15) is 0 Å². The highest BCUT2D eigenvalue weighted by atomic mass is 19.4. The highest BCUT2D eigenvalue weighted by Crippen LogP contribution is 2.38. The SMILES string of the molecule is CC(C)(C)C(O)CN(C(=O)O)c1cc(C(F)(F)F)cc(C(F)(F)F)c1. The maximum Gasteiger partial charge on any atom is 0.416 e. The van der Waals surface area contributed by atoms with Crippen LogP contribution in [0, 0.1) is 5.41 Å². The number of anilines is 1. The lowest BCUT2D eigenvalue weighted by molar-refractivity contribution is -0.143. The van der Waals surface area contributed by atoms with Crippen LogP contribution >= 0.6 is 0 Å². The molecular formula is C15H17F6NO3. The lowest BCUT2D eigenvalue weighted by atomic mass is 9.89. The van der Waals surface area contributed by atoms with Crippen LogP contribution in [0.4, 0.5) is 36.8 Å². The van der Waals surface area contributed by atoms with Gasteiger partial charge in [-0.15, -0.1) is 0 Å². The Labute approximate surface area is 139 Å². The first-order valence-corrected chi connectivity index (χ1v) is 7.01. The van der Waals surface area contributed by atoms with Crippen molar-refractivity contribution in [2.45, 2.75) is 39.2 Å². The zero-order chi connectivity index (χ0) is 19.8. The number of aliphatic hydroxyl groups excluding tert-OH is 1. The number of aliphatic hydroxyl groups is 1. The van der Waals surface area contributed by atoms with Crippen molar-refractivity contribution in [3.63, 3.8) is 0 Å². The predicted octanol–water partition coefficient (Wildman–Crippen LogP) is 4.62. The van der Waals surface area contributed by atoms with E-state index in [2.05, 4.69) is 0 Å². The fourth-order valence-corrected chi connectivity index (χ4v) is 1.84. The van der Waals surface area contributed by atoms with Gasteiger partial charge in [0.25, 0.3) is 0 Å². The van der Waals surface area contributed by atoms with Crippen molar-refractivity contribution in [1.82, 2.24) is 0 Å². The molecule has 0 aliphatic carbocycles. The van der Waals surface area contributed by atoms with Crippen LogP contribution in [0.2, 0.25) is 0 Å². The number of halogens is 6. The number of benzene rings is 1. The number of carboxylic acid groups (broad SMARTS) is 1. The minimum absolute atomic E-state index is 0.0935. The zero-order valence-electron chi connectivity index (χ0n) is 13.5. The largest absolute Gasteiger partial charge is 0.465 e. The summed E-state index contributed by atoms with van der Waals surface area (Å²) < 4.78 is 77.2. The first-order valence-electron chi connectivity index (χ1n) is 7.01. The van der Waals surface area contributed by atoms with E-state index in [1.807, 2.05) is 0 Å². The molecule has 10 heteroatoms. The molecule has 1 rings (SSSR count). The molecule has 4 nitrogen and oxygen atoms in total. The second-order valence-corrected chi connectivity index (χ2v) is 6.54. The summed E-state index contributed by atoms with van der Waals surface area (Å²) >= 11 is 0. The number of nitrogens with zero attached hydrogens (tertiary/aromatic N) is 1. The van der Waals surface area contributed by atoms with Crippen LogP contribution in [0.25, 0.3) is 0 Å². The third-order valence-electron chi connectivity index (χ3n) is 3.47. The summed E-state index contributed by atoms with van der Waals surface area (Å²) in [6.45, 7) is 3.96. The maximum absolute atomic E-state index is 12.9. The van der Waals surface area contributed by atoms with E-state index in [0.29, 0.717) is 12.1 Å². The Morgan fingerprint density at radius 3 is 1.68 bits per heavy atom. The Hall–Kier alpha value is -1.97. The maximum atomic E-state index is 12.9. The third kappa shape index (κ3) is 5.52. The van der Waals surface area contributed by atoms with Gasteiger partial charge >= 0.3 is 18.4 Å². The van der Waals surface area contributed by atoms with Gasteiger partial charge in [-0.05, 0) is 23.6 Å². The molecule has 1 atom stereocenters. The second-order valence-electron chi connectivity index (χ2n) is 6.54. The molecular weight excluding hydrogens is 356 g/mol. The number of amides is 1. The van der Waals surface area contributed by atoms with Crippen LogP contribution in [0.3, 0.4) is 0 Å². The molecule has 1 unspecified atom stereocenters. The fourth-order valence-electron chi connectivity index (χ4n) is 1.84. The molecule has 142 valence electrons. The van der Waals surface area contributed by atoms with E-state index in [1.165, 1.54) is 0 Å². The summed E-state index contributed by atoms with van der Waals surface area (Å²) in [5.41, 5.74) is -4.91. The van der Waals surface area contributed by atoms with Crippen molar-refractivity contribution in [2.24, 2.45) is 5.41 Å². The van der Waals surface area contributed by atoms with Crippen LogP contribution in [-0.4, -0.2) is 29.0 Å². The van der Waals surface area contributed by atoms with Gasteiger partial charge in [-0.1, -0.05) is 20.8 Å². The molecule has 1 amide bonds. The fraction of sp³-hybridized carbons (Fsp3) is 0.533. The van der Waals surface area contributed by atoms with Crippen LogP contribution in [0.1, 0.15) is 31.9 Å². The van der Waals surface area contributed by atoms with E-state index in [-0.39, 0.29) is 11.0 Å². The number of rotatable bonds is 3. The summed E-state index contributed by atoms with van der Waals surface area (Å²) in [6, 6.07) is 0.515. The van der Waals surface area contributed by atoms with E-state index < -0.39 is 53.3 Å². The second kappa shape index (κ2) is 6.74. The summed E-state index contributed by atoms with van der Waals surface area (Å²) in [4.78, 5) is 11.6. The molecule has 0 aromatic heterocycles. The molecule has 0 fully saturated rings. The average molecular weight is 373 g/mol. The van der Waals surface area contributed by atoms with Crippen molar-refractivity contribution in [3.05, 3.63) is 29.3 Å². The Balaban J connectivity index is 3.46. The van der Waals surface area contributed by atoms with Gasteiger partial charge < -0.3 is 10.2 Å². The lowest BCUT2D eigenvalue weighted by Gasteiger charge is -2.31. The highest BCUT2D eigenvalue weighted by molar-refractivity contribution is 5.86. The van der Waals surface area contributed by atoms with Crippen LogP contribution in [0.15, 0.2) is 18.2 Å². The summed E-state index contributed by atoms with van der Waals surface area (Å²) in [7, 11) is 0. The summed E-state index contributed by atoms with van der Waals surface area (Å²) in [5.74, 6) is 0. The first-order chi connectivity index (χ1) is 11.0. The highest BCUT2D eigenvalue weighted by Gasteiger charge is 2.38. The number of hydrogen-bond donors (Lipinski definition) is 2. The van der Waals surface area contributed by atoms with Crippen molar-refractivity contribution >= 4 is 11.8 Å². The number of carbonyl (C=O) groups is 1. The van der Waals surface area contributed by atoms with Gasteiger partial charge in [0.15, 0.2) is 0 Å². The van der Waals surface area contributed by atoms with Crippen molar-refractivity contribution < 1.29 is 41.4 Å². The molecule has 2 N–H and O–H groups in total. The zero-order valence-corrected chi connectivity index (χ0v) is 13.5. The van der Waals surface area contributed by atoms with Gasteiger partial charge in [-0.25, -0.2) is 4.79 Å². The van der Waals surface area contributed by atoms with E-state index >= 15 is 0 Å². The molecule has 25 heavy (non-hydrogen) atoms. The Morgan fingerprint density at radius 1 is 1.00 bits per heavy atom. The smallest absolute Gasteiger partial charge is 0.416 e. The van der Waals surface area contributed by atoms with Crippen LogP contribution in [0.5, 0.6) is 0 Å². The molecule has 1 aromatic rings. The topological polar surface area (TPSA) is 60.8 Å². The van der Waals surface area contributed by atoms with Crippen molar-refractivity contribution in [2.75, 3.05) is 11.4 Å². The third-order valence-corrected chi connectivity index (χ3v) is 3.47. The molecule has 0 aliphatic rings. The minimum atomic E-state index is -5.09. The first kappa shape index (κ1) is 21.1. The van der Waals surface area contributed by atoms with Gasteiger partial charge in [0, 0.05) is 5.69 Å². The molecule has 0 spiro atoms. The molecule has 0 aliphatic heterocycles. The van der Waals surface area contributed by atoms with Crippen LogP contribution in [-0.2, 0) is 12.4 Å². The average Bonchev–Trinajstić information content (AvgIpc) is 2.40. The minimum Gasteiger partial charge on any atom is -0.465 e. The van der Waals surface area contributed by atoms with Crippen LogP contribution < -0.4 is 4.90 Å². The Bertz CT molecular complexity index is 601. The molecule has 0 heterocycles. The summed E-state index contributed by atoms with van der Waals surface area (Å²) in [5, 5.41) is 19.2. The lowest BCUT2D eigenvalue weighted by Crippen LogP contribution is -2.42. The number of alkyl halides is 6. The Kier molecular flexibility index (Phi) is 5.68. The monoisotopic (exact) mass is 373 g/mol.